The van der Waals surface area contributed by atoms with E-state index in [1.165, 1.54) is 0 Å². The maximum atomic E-state index is 11.6. The lowest BCUT2D eigenvalue weighted by Gasteiger charge is -2.22. The van der Waals surface area contributed by atoms with Gasteiger partial charge >= 0.3 is 0 Å². The van der Waals surface area contributed by atoms with Crippen molar-refractivity contribution in [1.82, 2.24) is 14.5 Å². The van der Waals surface area contributed by atoms with Crippen LogP contribution < -0.4 is 0 Å². The Bertz CT molecular complexity index is 3010. The highest BCUT2D eigenvalue weighted by Crippen LogP contribution is 2.41. The van der Waals surface area contributed by atoms with Crippen LogP contribution in [-0.4, -0.2) is 19.6 Å². The summed E-state index contributed by atoms with van der Waals surface area (Å²) in [6.45, 7) is 9.58. The molecule has 0 bridgehead atoms. The van der Waals surface area contributed by atoms with E-state index in [1.54, 1.807) is 18.3 Å². The number of aromatic nitrogens is 3. The van der Waals surface area contributed by atoms with Crippen LogP contribution in [-0.2, 0) is 5.41 Å². The summed E-state index contributed by atoms with van der Waals surface area (Å²) in [6, 6.07) is 34.3. The fraction of sp³-hybridized carbons (Fsp3) is 0.160. The molecule has 6 aromatic carbocycles. The molecule has 2 aromatic heterocycles. The molecule has 0 radical (unpaired) electrons. The van der Waals surface area contributed by atoms with Gasteiger partial charge in [-0.25, -0.2) is 4.98 Å². The van der Waals surface area contributed by atoms with Crippen LogP contribution in [0.5, 0.6) is 5.75 Å². The third-order valence-electron chi connectivity index (χ3n) is 9.88. The lowest BCUT2D eigenvalue weighted by molar-refractivity contribution is 0.472. The van der Waals surface area contributed by atoms with E-state index in [4.69, 9.17) is 19.6 Å². The van der Waals surface area contributed by atoms with Gasteiger partial charge in [-0.1, -0.05) is 111 Å². The molecule has 0 amide bonds. The first-order valence-electron chi connectivity index (χ1n) is 21.5. The van der Waals surface area contributed by atoms with Crippen LogP contribution in [0, 0.1) is 27.6 Å². The second kappa shape index (κ2) is 13.6. The van der Waals surface area contributed by atoms with Crippen molar-refractivity contribution in [2.45, 2.75) is 53.8 Å². The molecule has 54 heavy (non-hydrogen) atoms. The Morgan fingerprint density at radius 3 is 2.15 bits per heavy atom. The number of nitrogens with zero attached hydrogens (tertiary/aromatic N) is 3. The number of hydrogen-bond acceptors (Lipinski definition) is 3. The van der Waals surface area contributed by atoms with Gasteiger partial charge in [0.15, 0.2) is 0 Å². The summed E-state index contributed by atoms with van der Waals surface area (Å²) < 4.78 is 60.3. The minimum Gasteiger partial charge on any atom is -0.507 e. The fourth-order valence-electron chi connectivity index (χ4n) is 7.16. The molecule has 1 N–H and O–H groups in total. The van der Waals surface area contributed by atoms with Crippen molar-refractivity contribution in [3.05, 3.63) is 167 Å². The third-order valence-corrected chi connectivity index (χ3v) is 9.88. The van der Waals surface area contributed by atoms with Gasteiger partial charge in [-0.3, -0.25) is 9.55 Å². The third kappa shape index (κ3) is 6.60. The van der Waals surface area contributed by atoms with Gasteiger partial charge in [-0.15, -0.1) is 0 Å². The summed E-state index contributed by atoms with van der Waals surface area (Å²) in [5.74, 6) is 0.764. The van der Waals surface area contributed by atoms with Gasteiger partial charge in [0.25, 0.3) is 0 Å². The van der Waals surface area contributed by atoms with Gasteiger partial charge in [0.1, 0.15) is 11.6 Å². The van der Waals surface area contributed by atoms with E-state index in [2.05, 4.69) is 80.8 Å². The van der Waals surface area contributed by atoms with Gasteiger partial charge in [-0.2, -0.15) is 0 Å². The van der Waals surface area contributed by atoms with E-state index in [0.717, 1.165) is 66.8 Å². The highest BCUT2D eigenvalue weighted by molar-refractivity contribution is 5.97. The van der Waals surface area contributed by atoms with Crippen molar-refractivity contribution >= 4 is 11.0 Å². The predicted molar refractivity (Wildman–Crippen MR) is 225 cm³/mol. The average molecular weight is 711 g/mol. The van der Waals surface area contributed by atoms with Crippen molar-refractivity contribution in [3.63, 3.8) is 0 Å². The summed E-state index contributed by atoms with van der Waals surface area (Å²) in [7, 11) is 0. The number of pyridine rings is 1. The number of hydrogen-bond donors (Lipinski definition) is 1. The first kappa shape index (κ1) is 27.4. The first-order valence-corrected chi connectivity index (χ1v) is 18.0. The maximum absolute atomic E-state index is 11.6. The highest BCUT2D eigenvalue weighted by atomic mass is 16.3. The second-order valence-electron chi connectivity index (χ2n) is 15.1. The molecule has 0 saturated heterocycles. The number of para-hydroxylation sites is 1. The van der Waals surface area contributed by atoms with Gasteiger partial charge < -0.3 is 5.11 Å². The summed E-state index contributed by atoms with van der Waals surface area (Å²) >= 11 is 0. The summed E-state index contributed by atoms with van der Waals surface area (Å²) in [4.78, 5) is 10.1. The van der Waals surface area contributed by atoms with E-state index in [-0.39, 0.29) is 16.7 Å². The van der Waals surface area contributed by atoms with Crippen LogP contribution in [0.4, 0.5) is 0 Å². The van der Waals surface area contributed by atoms with E-state index in [9.17, 15) is 5.11 Å². The second-order valence-corrected chi connectivity index (χ2v) is 15.1. The molecule has 0 saturated carbocycles. The zero-order valence-electron chi connectivity index (χ0n) is 38.3. The molecule has 266 valence electrons. The Labute approximate surface area is 328 Å². The molecule has 4 heteroatoms. The summed E-state index contributed by atoms with van der Waals surface area (Å²) in [6.07, 6.45) is 1.56. The fourth-order valence-corrected chi connectivity index (χ4v) is 7.16. The largest absolute Gasteiger partial charge is 0.507 e. The molecule has 0 spiro atoms. The average Bonchev–Trinajstić information content (AvgIpc) is 3.60. The van der Waals surface area contributed by atoms with Gasteiger partial charge in [-0.05, 0) is 132 Å². The van der Waals surface area contributed by atoms with E-state index in [1.807, 2.05) is 62.4 Å². The number of phenols is 1. The SMILES string of the molecule is [2H]c1c([2H])c(C([2H])([2H])[2H])c([2H])c([2H])c1-c1ccnc(-c2cc(-c3cccc4c3nc(-c3cc(C)cc(C)c3O)n4-c3cc(C)cc(-c4ccccc4)c3)cc(C(C)(C)C)c2)c1. The Kier molecular flexibility index (Phi) is 6.90. The summed E-state index contributed by atoms with van der Waals surface area (Å²) in [5, 5.41) is 11.6. The molecule has 0 aliphatic heterocycles. The van der Waals surface area contributed by atoms with E-state index < -0.39 is 36.6 Å². The van der Waals surface area contributed by atoms with Gasteiger partial charge in [0.2, 0.25) is 0 Å². The van der Waals surface area contributed by atoms with Crippen molar-refractivity contribution in [2.75, 3.05) is 0 Å². The minimum absolute atomic E-state index is 0.00268. The zero-order valence-corrected chi connectivity index (χ0v) is 31.3. The number of phenolic OH excluding ortho intramolecular Hbond substituents is 1. The van der Waals surface area contributed by atoms with Crippen LogP contribution in [0.15, 0.2) is 140 Å². The normalized spacial score (nSPS) is 13.8. The molecule has 4 nitrogen and oxygen atoms in total. The number of fused-ring (bicyclic) bond motifs is 1. The van der Waals surface area contributed by atoms with E-state index in [0.29, 0.717) is 22.6 Å². The maximum Gasteiger partial charge on any atom is 0.149 e. The van der Waals surface area contributed by atoms with Crippen molar-refractivity contribution in [1.29, 1.82) is 0 Å². The van der Waals surface area contributed by atoms with Crippen LogP contribution in [0.3, 0.4) is 0 Å². The standard InChI is InChI=1S/C50H45N3O/c1-31-16-18-36(19-17-31)37-20-21-51-45(30-37)40-26-39(27-41(28-40)50(5,6)7)43-14-11-15-46-47(43)52-49(44-25-32(2)22-34(4)48(44)54)53(46)42-24-33(3)23-38(29-42)35-12-9-8-10-13-35/h8-30,54H,1-7H3/i1D3,16D,17D,18D,19D. The van der Waals surface area contributed by atoms with Crippen LogP contribution in [0.2, 0.25) is 0 Å². The van der Waals surface area contributed by atoms with Gasteiger partial charge in [0.05, 0.1) is 27.8 Å². The molecule has 0 unspecified atom stereocenters. The number of benzene rings is 6. The number of rotatable bonds is 6. The van der Waals surface area contributed by atoms with E-state index >= 15 is 0 Å². The summed E-state index contributed by atoms with van der Waals surface area (Å²) in [5.41, 5.74) is 11.6. The van der Waals surface area contributed by atoms with Crippen LogP contribution >= 0.6 is 0 Å². The van der Waals surface area contributed by atoms with Gasteiger partial charge in [0, 0.05) is 27.1 Å². The topological polar surface area (TPSA) is 50.9 Å². The molecule has 2 heterocycles. The lowest BCUT2D eigenvalue weighted by atomic mass is 9.83. The Balaban J connectivity index is 1.36. The first-order chi connectivity index (χ1) is 28.8. The monoisotopic (exact) mass is 710 g/mol. The molecule has 8 rings (SSSR count). The molecular formula is C50H45N3O. The molecule has 0 aliphatic rings. The zero-order chi connectivity index (χ0) is 43.7. The number of imidazole rings is 1. The molecule has 0 fully saturated rings. The molecule has 0 atom stereocenters. The smallest absolute Gasteiger partial charge is 0.149 e. The van der Waals surface area contributed by atoms with Crippen molar-refractivity contribution in [3.8, 4) is 67.5 Å². The van der Waals surface area contributed by atoms with Crippen LogP contribution in [0.1, 0.15) is 58.2 Å². The van der Waals surface area contributed by atoms with Crippen molar-refractivity contribution < 1.29 is 14.7 Å². The molecule has 0 aliphatic carbocycles. The molecular weight excluding hydrogens is 659 g/mol. The highest BCUT2D eigenvalue weighted by Gasteiger charge is 2.23. The predicted octanol–water partition coefficient (Wildman–Crippen LogP) is 13.0. The van der Waals surface area contributed by atoms with Crippen LogP contribution in [0.25, 0.3) is 72.7 Å². The minimum atomic E-state index is -2.81. The lowest BCUT2D eigenvalue weighted by Crippen LogP contribution is -2.11. The Hall–Kier alpha value is -6.26. The Morgan fingerprint density at radius 2 is 1.39 bits per heavy atom. The Morgan fingerprint density at radius 1 is 0.630 bits per heavy atom. The van der Waals surface area contributed by atoms with Crippen molar-refractivity contribution in [2.24, 2.45) is 0 Å². The number of aryl methyl sites for hydroxylation is 3. The number of aromatic hydroxyl groups is 1. The quantitative estimate of drug-likeness (QED) is 0.187. The molecule has 8 aromatic rings.